The summed E-state index contributed by atoms with van der Waals surface area (Å²) in [5.41, 5.74) is 3.00. The van der Waals surface area contributed by atoms with Crippen molar-refractivity contribution < 1.29 is 9.59 Å². The molecule has 3 rings (SSSR count). The van der Waals surface area contributed by atoms with Gasteiger partial charge in [-0.15, -0.1) is 0 Å². The maximum Gasteiger partial charge on any atom is 0.253 e. The molecule has 2 N–H and O–H groups in total. The van der Waals surface area contributed by atoms with E-state index in [4.69, 9.17) is 11.6 Å². The third kappa shape index (κ3) is 5.79. The van der Waals surface area contributed by atoms with E-state index < -0.39 is 0 Å². The molecule has 1 aromatic heterocycles. The van der Waals surface area contributed by atoms with Crippen LogP contribution < -0.4 is 10.6 Å². The van der Waals surface area contributed by atoms with Crippen molar-refractivity contribution in [3.63, 3.8) is 0 Å². The van der Waals surface area contributed by atoms with E-state index in [0.717, 1.165) is 11.1 Å². The Kier molecular flexibility index (Phi) is 6.54. The van der Waals surface area contributed by atoms with Crippen LogP contribution in [0.25, 0.3) is 6.08 Å². The zero-order chi connectivity index (χ0) is 19.8. The number of nitrogens with zero attached hydrogens (tertiary/aromatic N) is 1. The smallest absolute Gasteiger partial charge is 0.253 e. The molecule has 5 nitrogen and oxygen atoms in total. The minimum Gasteiger partial charge on any atom is -0.348 e. The molecule has 0 radical (unpaired) electrons. The number of carbonyl (C=O) groups is 2. The number of anilines is 1. The lowest BCUT2D eigenvalue weighted by Gasteiger charge is -2.07. The number of benzene rings is 2. The summed E-state index contributed by atoms with van der Waals surface area (Å²) in [5.74, 6) is -0.412. The number of nitrogens with one attached hydrogen (secondary N) is 2. The van der Waals surface area contributed by atoms with Crippen molar-refractivity contribution in [1.29, 1.82) is 0 Å². The lowest BCUT2D eigenvalue weighted by molar-refractivity contribution is -0.111. The molecule has 6 heteroatoms. The van der Waals surface area contributed by atoms with Crippen molar-refractivity contribution >= 4 is 35.2 Å². The van der Waals surface area contributed by atoms with Crippen LogP contribution in [-0.4, -0.2) is 16.8 Å². The van der Waals surface area contributed by atoms with E-state index in [1.165, 1.54) is 12.3 Å². The van der Waals surface area contributed by atoms with Crippen LogP contribution in [0.1, 0.15) is 21.5 Å². The molecule has 0 saturated carbocycles. The second-order valence-corrected chi connectivity index (χ2v) is 6.43. The Hall–Kier alpha value is -3.44. The normalized spacial score (nSPS) is 10.6. The molecule has 0 bridgehead atoms. The first-order valence-electron chi connectivity index (χ1n) is 8.62. The van der Waals surface area contributed by atoms with Crippen molar-refractivity contribution in [2.45, 2.75) is 6.54 Å². The first-order valence-corrected chi connectivity index (χ1v) is 9.00. The zero-order valence-corrected chi connectivity index (χ0v) is 15.7. The summed E-state index contributed by atoms with van der Waals surface area (Å²) in [6.45, 7) is 0.387. The summed E-state index contributed by atoms with van der Waals surface area (Å²) < 4.78 is 0. The fraction of sp³-hybridized carbons (Fsp3) is 0.0455. The Morgan fingerprint density at radius 3 is 2.43 bits per heavy atom. The molecule has 0 aliphatic carbocycles. The van der Waals surface area contributed by atoms with E-state index in [-0.39, 0.29) is 11.8 Å². The Morgan fingerprint density at radius 2 is 1.75 bits per heavy atom. The number of pyridine rings is 1. The molecule has 0 fully saturated rings. The fourth-order valence-corrected chi connectivity index (χ4v) is 2.54. The Labute approximate surface area is 168 Å². The number of hydrogen-bond acceptors (Lipinski definition) is 3. The van der Waals surface area contributed by atoms with Crippen LogP contribution in [0.15, 0.2) is 79.1 Å². The van der Waals surface area contributed by atoms with Gasteiger partial charge in [-0.05, 0) is 53.6 Å². The second-order valence-electron chi connectivity index (χ2n) is 6.00. The molecule has 2 aromatic carbocycles. The van der Waals surface area contributed by atoms with Crippen molar-refractivity contribution in [2.24, 2.45) is 0 Å². The highest BCUT2D eigenvalue weighted by Crippen LogP contribution is 2.12. The third-order valence-corrected chi connectivity index (χ3v) is 4.15. The average molecular weight is 392 g/mol. The summed E-state index contributed by atoms with van der Waals surface area (Å²) in [6, 6.07) is 17.9. The highest BCUT2D eigenvalue weighted by molar-refractivity contribution is 6.30. The van der Waals surface area contributed by atoms with Crippen LogP contribution in [0, 0.1) is 0 Å². The lowest BCUT2D eigenvalue weighted by Crippen LogP contribution is -2.22. The Morgan fingerprint density at radius 1 is 1.00 bits per heavy atom. The predicted octanol–water partition coefficient (Wildman–Crippen LogP) is 4.32. The maximum atomic E-state index is 12.0. The topological polar surface area (TPSA) is 71.1 Å². The van der Waals surface area contributed by atoms with Crippen LogP contribution in [0.4, 0.5) is 5.69 Å². The number of rotatable bonds is 6. The monoisotopic (exact) mass is 391 g/mol. The van der Waals surface area contributed by atoms with Gasteiger partial charge in [0.15, 0.2) is 0 Å². The first-order chi connectivity index (χ1) is 13.6. The summed E-state index contributed by atoms with van der Waals surface area (Å²) >= 11 is 5.84. The average Bonchev–Trinajstić information content (AvgIpc) is 2.73. The van der Waals surface area contributed by atoms with Gasteiger partial charge in [0, 0.05) is 35.7 Å². The third-order valence-electron chi connectivity index (χ3n) is 3.90. The minimum atomic E-state index is -0.229. The van der Waals surface area contributed by atoms with Crippen molar-refractivity contribution in [3.8, 4) is 0 Å². The van der Waals surface area contributed by atoms with E-state index in [2.05, 4.69) is 15.6 Å². The molecule has 0 aliphatic rings. The zero-order valence-electron chi connectivity index (χ0n) is 14.9. The van der Waals surface area contributed by atoms with Gasteiger partial charge in [-0.25, -0.2) is 0 Å². The number of amides is 2. The number of hydrogen-bond donors (Lipinski definition) is 2. The maximum absolute atomic E-state index is 12.0. The van der Waals surface area contributed by atoms with Gasteiger partial charge in [-0.3, -0.25) is 14.6 Å². The van der Waals surface area contributed by atoms with E-state index in [1.807, 2.05) is 24.3 Å². The SMILES string of the molecule is O=C(/C=C/c1ccc(Cl)cc1)Nc1ccc(CNC(=O)c2cccnc2)cc1. The van der Waals surface area contributed by atoms with Crippen LogP contribution in [0.5, 0.6) is 0 Å². The molecule has 28 heavy (non-hydrogen) atoms. The molecule has 2 amide bonds. The standard InChI is InChI=1S/C22H18ClN3O2/c23-19-8-3-16(4-9-19)7-12-21(27)26-20-10-5-17(6-11-20)14-25-22(28)18-2-1-13-24-15-18/h1-13,15H,14H2,(H,25,28)(H,26,27)/b12-7+. The molecule has 0 unspecified atom stereocenters. The van der Waals surface area contributed by atoms with Gasteiger partial charge >= 0.3 is 0 Å². The van der Waals surface area contributed by atoms with Gasteiger partial charge in [0.25, 0.3) is 5.91 Å². The summed E-state index contributed by atoms with van der Waals surface area (Å²) in [6.07, 6.45) is 6.32. The van der Waals surface area contributed by atoms with Gasteiger partial charge in [0.2, 0.25) is 5.91 Å². The molecule has 0 saturated heterocycles. The highest BCUT2D eigenvalue weighted by Gasteiger charge is 2.05. The quantitative estimate of drug-likeness (QED) is 0.615. The van der Waals surface area contributed by atoms with Crippen LogP contribution in [0.2, 0.25) is 5.02 Å². The first kappa shape index (κ1) is 19.3. The van der Waals surface area contributed by atoms with E-state index in [1.54, 1.807) is 48.7 Å². The van der Waals surface area contributed by atoms with Gasteiger partial charge in [0.05, 0.1) is 5.56 Å². The van der Waals surface area contributed by atoms with Crippen molar-refractivity contribution in [2.75, 3.05) is 5.32 Å². The second kappa shape index (κ2) is 9.48. The fourth-order valence-electron chi connectivity index (χ4n) is 2.42. The van der Waals surface area contributed by atoms with Gasteiger partial charge in [-0.1, -0.05) is 35.9 Å². The molecule has 1 heterocycles. The molecule has 140 valence electrons. The summed E-state index contributed by atoms with van der Waals surface area (Å²) in [4.78, 5) is 28.0. The largest absolute Gasteiger partial charge is 0.348 e. The Bertz CT molecular complexity index is 969. The van der Waals surface area contributed by atoms with Crippen molar-refractivity contribution in [1.82, 2.24) is 10.3 Å². The summed E-state index contributed by atoms with van der Waals surface area (Å²) in [7, 11) is 0. The number of aromatic nitrogens is 1. The van der Waals surface area contributed by atoms with E-state index in [9.17, 15) is 9.59 Å². The molecular formula is C22H18ClN3O2. The van der Waals surface area contributed by atoms with Gasteiger partial charge < -0.3 is 10.6 Å². The number of halogens is 1. The Balaban J connectivity index is 1.50. The minimum absolute atomic E-state index is 0.183. The van der Waals surface area contributed by atoms with E-state index in [0.29, 0.717) is 22.8 Å². The number of carbonyl (C=O) groups excluding carboxylic acids is 2. The van der Waals surface area contributed by atoms with Crippen LogP contribution in [-0.2, 0) is 11.3 Å². The van der Waals surface area contributed by atoms with Crippen molar-refractivity contribution in [3.05, 3.63) is 101 Å². The summed E-state index contributed by atoms with van der Waals surface area (Å²) in [5, 5.41) is 6.28. The van der Waals surface area contributed by atoms with Gasteiger partial charge in [-0.2, -0.15) is 0 Å². The molecule has 3 aromatic rings. The van der Waals surface area contributed by atoms with E-state index >= 15 is 0 Å². The van der Waals surface area contributed by atoms with Crippen LogP contribution in [0.3, 0.4) is 0 Å². The highest BCUT2D eigenvalue weighted by atomic mass is 35.5. The molecule has 0 atom stereocenters. The molecular weight excluding hydrogens is 374 g/mol. The van der Waals surface area contributed by atoms with Crippen LogP contribution >= 0.6 is 11.6 Å². The lowest BCUT2D eigenvalue weighted by atomic mass is 10.2. The van der Waals surface area contributed by atoms with Gasteiger partial charge in [0.1, 0.15) is 0 Å². The molecule has 0 aliphatic heterocycles. The molecule has 0 spiro atoms. The predicted molar refractivity (Wildman–Crippen MR) is 111 cm³/mol.